The van der Waals surface area contributed by atoms with Crippen LogP contribution in [0.5, 0.6) is 0 Å². The zero-order chi connectivity index (χ0) is 15.7. The van der Waals surface area contributed by atoms with Crippen molar-refractivity contribution in [2.75, 3.05) is 0 Å². The molecule has 1 aromatic carbocycles. The first-order valence-electron chi connectivity index (χ1n) is 6.99. The minimum Gasteiger partial charge on any atom is -0.481 e. The standard InChI is InChI=1S/C16H20O5/c17-14(8-4-5-9-15(18)19)11-13(16(20)21)10-12-6-2-1-3-7-12/h1-3,6-7,13H,4-5,8-11H2,(H,18,19)(H,20,21). The molecule has 0 aliphatic carbocycles. The summed E-state index contributed by atoms with van der Waals surface area (Å²) in [5.41, 5.74) is 0.892. The molecule has 0 amide bonds. The average molecular weight is 292 g/mol. The molecule has 0 bridgehead atoms. The van der Waals surface area contributed by atoms with E-state index in [0.717, 1.165) is 5.56 Å². The summed E-state index contributed by atoms with van der Waals surface area (Å²) in [6, 6.07) is 9.21. The van der Waals surface area contributed by atoms with Gasteiger partial charge in [-0.1, -0.05) is 30.3 Å². The van der Waals surface area contributed by atoms with Crippen LogP contribution in [-0.4, -0.2) is 27.9 Å². The molecular formula is C16H20O5. The molecule has 0 saturated carbocycles. The van der Waals surface area contributed by atoms with Gasteiger partial charge in [-0.2, -0.15) is 0 Å². The fourth-order valence-corrected chi connectivity index (χ4v) is 2.12. The molecule has 0 aromatic heterocycles. The first-order chi connectivity index (χ1) is 9.99. The van der Waals surface area contributed by atoms with Crippen LogP contribution in [0.2, 0.25) is 0 Å². The number of carboxylic acids is 2. The van der Waals surface area contributed by atoms with Gasteiger partial charge < -0.3 is 10.2 Å². The van der Waals surface area contributed by atoms with Crippen molar-refractivity contribution in [2.24, 2.45) is 5.92 Å². The summed E-state index contributed by atoms with van der Waals surface area (Å²) in [4.78, 5) is 33.4. The number of Topliss-reactive ketones (excluding diaryl/α,β-unsaturated/α-hetero) is 1. The molecule has 5 nitrogen and oxygen atoms in total. The normalized spacial score (nSPS) is 11.8. The van der Waals surface area contributed by atoms with E-state index in [1.807, 2.05) is 30.3 Å². The first-order valence-corrected chi connectivity index (χ1v) is 6.99. The van der Waals surface area contributed by atoms with E-state index >= 15 is 0 Å². The molecule has 0 aliphatic rings. The van der Waals surface area contributed by atoms with Gasteiger partial charge in [0.05, 0.1) is 5.92 Å². The molecule has 0 heterocycles. The van der Waals surface area contributed by atoms with Crippen molar-refractivity contribution < 1.29 is 24.6 Å². The third-order valence-electron chi connectivity index (χ3n) is 3.24. The molecule has 0 fully saturated rings. The molecule has 0 saturated heterocycles. The van der Waals surface area contributed by atoms with Crippen LogP contribution in [0.1, 0.15) is 37.7 Å². The van der Waals surface area contributed by atoms with Gasteiger partial charge in [0, 0.05) is 19.3 Å². The maximum atomic E-state index is 11.8. The Bertz CT molecular complexity index is 481. The van der Waals surface area contributed by atoms with E-state index in [1.165, 1.54) is 0 Å². The highest BCUT2D eigenvalue weighted by atomic mass is 16.4. The number of unbranched alkanes of at least 4 members (excludes halogenated alkanes) is 1. The van der Waals surface area contributed by atoms with Gasteiger partial charge in [-0.25, -0.2) is 0 Å². The summed E-state index contributed by atoms with van der Waals surface area (Å²) in [7, 11) is 0. The monoisotopic (exact) mass is 292 g/mol. The van der Waals surface area contributed by atoms with E-state index in [9.17, 15) is 19.5 Å². The maximum absolute atomic E-state index is 11.8. The number of hydrogen-bond donors (Lipinski definition) is 2. The lowest BCUT2D eigenvalue weighted by molar-refractivity contribution is -0.143. The molecule has 0 aliphatic heterocycles. The Kier molecular flexibility index (Phi) is 7.15. The maximum Gasteiger partial charge on any atom is 0.307 e. The summed E-state index contributed by atoms with van der Waals surface area (Å²) in [5.74, 6) is -2.70. The number of hydrogen-bond acceptors (Lipinski definition) is 3. The zero-order valence-corrected chi connectivity index (χ0v) is 11.8. The number of benzene rings is 1. The number of ketones is 1. The Morgan fingerprint density at radius 3 is 2.14 bits per heavy atom. The highest BCUT2D eigenvalue weighted by Gasteiger charge is 2.21. The van der Waals surface area contributed by atoms with Gasteiger partial charge in [-0.05, 0) is 24.8 Å². The minimum atomic E-state index is -0.974. The fourth-order valence-electron chi connectivity index (χ4n) is 2.12. The van der Waals surface area contributed by atoms with Crippen LogP contribution >= 0.6 is 0 Å². The fraction of sp³-hybridized carbons (Fsp3) is 0.438. The van der Waals surface area contributed by atoms with E-state index < -0.39 is 17.9 Å². The zero-order valence-electron chi connectivity index (χ0n) is 11.8. The first kappa shape index (κ1) is 16.9. The number of aliphatic carboxylic acids is 2. The Balaban J connectivity index is 2.41. The lowest BCUT2D eigenvalue weighted by Gasteiger charge is -2.11. The Hall–Kier alpha value is -2.17. The van der Waals surface area contributed by atoms with Crippen molar-refractivity contribution >= 4 is 17.7 Å². The Morgan fingerprint density at radius 2 is 1.57 bits per heavy atom. The molecule has 0 radical (unpaired) electrons. The van der Waals surface area contributed by atoms with E-state index in [1.54, 1.807) is 0 Å². The smallest absolute Gasteiger partial charge is 0.307 e. The van der Waals surface area contributed by atoms with Crippen molar-refractivity contribution in [1.29, 1.82) is 0 Å². The van der Waals surface area contributed by atoms with E-state index in [4.69, 9.17) is 5.11 Å². The Labute approximate surface area is 123 Å². The lowest BCUT2D eigenvalue weighted by Crippen LogP contribution is -2.20. The molecule has 1 unspecified atom stereocenters. The third-order valence-corrected chi connectivity index (χ3v) is 3.24. The molecule has 114 valence electrons. The average Bonchev–Trinajstić information content (AvgIpc) is 2.44. The molecule has 2 N–H and O–H groups in total. The van der Waals surface area contributed by atoms with Gasteiger partial charge in [-0.3, -0.25) is 14.4 Å². The molecule has 1 atom stereocenters. The predicted molar refractivity (Wildman–Crippen MR) is 77.0 cm³/mol. The van der Waals surface area contributed by atoms with Crippen LogP contribution in [-0.2, 0) is 20.8 Å². The van der Waals surface area contributed by atoms with Crippen LogP contribution in [0, 0.1) is 5.92 Å². The summed E-state index contributed by atoms with van der Waals surface area (Å²) in [6.07, 6.45) is 1.54. The second-order valence-corrected chi connectivity index (χ2v) is 5.07. The van der Waals surface area contributed by atoms with E-state index in [0.29, 0.717) is 19.3 Å². The lowest BCUT2D eigenvalue weighted by atomic mass is 9.93. The van der Waals surface area contributed by atoms with Crippen molar-refractivity contribution in [3.8, 4) is 0 Å². The predicted octanol–water partition coefficient (Wildman–Crippen LogP) is 2.53. The highest BCUT2D eigenvalue weighted by molar-refractivity contribution is 5.84. The topological polar surface area (TPSA) is 91.7 Å². The molecule has 1 aromatic rings. The number of carbonyl (C=O) groups excluding carboxylic acids is 1. The SMILES string of the molecule is O=C(O)CCCCC(=O)CC(Cc1ccccc1)C(=O)O. The second kappa shape index (κ2) is 8.89. The number of rotatable bonds is 10. The molecule has 0 spiro atoms. The van der Waals surface area contributed by atoms with Crippen LogP contribution in [0.25, 0.3) is 0 Å². The minimum absolute atomic E-state index is 0.00268. The summed E-state index contributed by atoms with van der Waals surface area (Å²) < 4.78 is 0. The number of carboxylic acid groups (broad SMARTS) is 2. The van der Waals surface area contributed by atoms with Gasteiger partial charge in [-0.15, -0.1) is 0 Å². The van der Waals surface area contributed by atoms with Crippen molar-refractivity contribution in [3.63, 3.8) is 0 Å². The van der Waals surface area contributed by atoms with E-state index in [2.05, 4.69) is 0 Å². The number of carbonyl (C=O) groups is 3. The van der Waals surface area contributed by atoms with Gasteiger partial charge in [0.15, 0.2) is 0 Å². The van der Waals surface area contributed by atoms with Crippen molar-refractivity contribution in [3.05, 3.63) is 35.9 Å². The van der Waals surface area contributed by atoms with Crippen molar-refractivity contribution in [2.45, 2.75) is 38.5 Å². The highest BCUT2D eigenvalue weighted by Crippen LogP contribution is 2.15. The summed E-state index contributed by atoms with van der Waals surface area (Å²) >= 11 is 0. The Morgan fingerprint density at radius 1 is 0.952 bits per heavy atom. The third kappa shape index (κ3) is 7.25. The largest absolute Gasteiger partial charge is 0.481 e. The van der Waals surface area contributed by atoms with Crippen LogP contribution in [0.15, 0.2) is 30.3 Å². The van der Waals surface area contributed by atoms with Crippen LogP contribution < -0.4 is 0 Å². The second-order valence-electron chi connectivity index (χ2n) is 5.07. The molecule has 1 rings (SSSR count). The van der Waals surface area contributed by atoms with E-state index in [-0.39, 0.29) is 25.0 Å². The summed E-state index contributed by atoms with van der Waals surface area (Å²) in [6.45, 7) is 0. The van der Waals surface area contributed by atoms with Crippen molar-refractivity contribution in [1.82, 2.24) is 0 Å². The molecule has 21 heavy (non-hydrogen) atoms. The molecular weight excluding hydrogens is 272 g/mol. The van der Waals surface area contributed by atoms with Gasteiger partial charge in [0.2, 0.25) is 0 Å². The van der Waals surface area contributed by atoms with Crippen LogP contribution in [0.3, 0.4) is 0 Å². The summed E-state index contributed by atoms with van der Waals surface area (Å²) in [5, 5.41) is 17.7. The molecule has 5 heteroatoms. The quantitative estimate of drug-likeness (QED) is 0.646. The van der Waals surface area contributed by atoms with Gasteiger partial charge in [0.25, 0.3) is 0 Å². The van der Waals surface area contributed by atoms with Crippen LogP contribution in [0.4, 0.5) is 0 Å². The van der Waals surface area contributed by atoms with Gasteiger partial charge >= 0.3 is 11.9 Å². The van der Waals surface area contributed by atoms with Gasteiger partial charge in [0.1, 0.15) is 5.78 Å².